The summed E-state index contributed by atoms with van der Waals surface area (Å²) in [5.74, 6) is 0. The van der Waals surface area contributed by atoms with E-state index in [0.29, 0.717) is 5.41 Å². The predicted octanol–water partition coefficient (Wildman–Crippen LogP) is 4.02. The summed E-state index contributed by atoms with van der Waals surface area (Å²) in [4.78, 5) is 0. The molecule has 0 heterocycles. The first-order chi connectivity index (χ1) is 8.96. The Morgan fingerprint density at radius 2 is 1.68 bits per heavy atom. The lowest BCUT2D eigenvalue weighted by atomic mass is 9.68. The molecule has 2 aliphatic rings. The highest BCUT2D eigenvalue weighted by Crippen LogP contribution is 2.40. The second kappa shape index (κ2) is 4.63. The van der Waals surface area contributed by atoms with Gasteiger partial charge in [-0.25, -0.2) is 0 Å². The van der Waals surface area contributed by atoms with Crippen molar-refractivity contribution in [3.8, 4) is 0 Å². The van der Waals surface area contributed by atoms with Gasteiger partial charge in [0.25, 0.3) is 0 Å². The van der Waals surface area contributed by atoms with Gasteiger partial charge in [0.2, 0.25) is 0 Å². The second-order valence-electron chi connectivity index (χ2n) is 7.66. The van der Waals surface area contributed by atoms with Crippen LogP contribution in [0.15, 0.2) is 18.2 Å². The minimum absolute atomic E-state index is 0.0440. The van der Waals surface area contributed by atoms with Crippen LogP contribution in [0.2, 0.25) is 0 Å². The molecule has 1 aromatic rings. The largest absolute Gasteiger partial charge is 0.325 e. The van der Waals surface area contributed by atoms with E-state index in [4.69, 9.17) is 5.73 Å². The molecule has 1 aromatic carbocycles. The van der Waals surface area contributed by atoms with Crippen molar-refractivity contribution in [2.24, 2.45) is 11.1 Å². The second-order valence-corrected chi connectivity index (χ2v) is 7.66. The molecule has 19 heavy (non-hydrogen) atoms. The molecule has 0 radical (unpaired) electrons. The van der Waals surface area contributed by atoms with Crippen LogP contribution in [0.25, 0.3) is 0 Å². The summed E-state index contributed by atoms with van der Waals surface area (Å²) in [7, 11) is 0. The molecule has 3 rings (SSSR count). The molecule has 0 unspecified atom stereocenters. The van der Waals surface area contributed by atoms with E-state index in [2.05, 4.69) is 32.0 Å². The van der Waals surface area contributed by atoms with Gasteiger partial charge in [-0.15, -0.1) is 0 Å². The maximum absolute atomic E-state index is 6.66. The van der Waals surface area contributed by atoms with Gasteiger partial charge in [0.05, 0.1) is 0 Å². The normalized spacial score (nSPS) is 24.2. The average molecular weight is 257 g/mol. The van der Waals surface area contributed by atoms with E-state index in [1.807, 2.05) is 0 Å². The molecule has 0 atom stereocenters. The van der Waals surface area contributed by atoms with Crippen LogP contribution in [-0.4, -0.2) is 5.54 Å². The Morgan fingerprint density at radius 3 is 2.42 bits per heavy atom. The highest BCUT2D eigenvalue weighted by atomic mass is 14.7. The Kier molecular flexibility index (Phi) is 3.21. The summed E-state index contributed by atoms with van der Waals surface area (Å²) >= 11 is 0. The average Bonchev–Trinajstić information content (AvgIpc) is 2.81. The third kappa shape index (κ3) is 2.86. The van der Waals surface area contributed by atoms with Gasteiger partial charge >= 0.3 is 0 Å². The van der Waals surface area contributed by atoms with Gasteiger partial charge in [0.15, 0.2) is 0 Å². The van der Waals surface area contributed by atoms with E-state index in [1.54, 1.807) is 11.1 Å². The topological polar surface area (TPSA) is 26.0 Å². The van der Waals surface area contributed by atoms with Gasteiger partial charge in [-0.3, -0.25) is 0 Å². The fourth-order valence-electron chi connectivity index (χ4n) is 3.74. The van der Waals surface area contributed by atoms with Gasteiger partial charge < -0.3 is 5.73 Å². The summed E-state index contributed by atoms with van der Waals surface area (Å²) < 4.78 is 0. The van der Waals surface area contributed by atoms with Crippen molar-refractivity contribution < 1.29 is 0 Å². The van der Waals surface area contributed by atoms with Crippen molar-refractivity contribution in [1.82, 2.24) is 0 Å². The minimum Gasteiger partial charge on any atom is -0.325 e. The third-order valence-electron chi connectivity index (χ3n) is 5.32. The number of hydrogen-bond donors (Lipinski definition) is 1. The summed E-state index contributed by atoms with van der Waals surface area (Å²) in [5, 5.41) is 0. The monoisotopic (exact) mass is 257 g/mol. The summed E-state index contributed by atoms with van der Waals surface area (Å²) in [6, 6.07) is 7.09. The van der Waals surface area contributed by atoms with E-state index in [9.17, 15) is 0 Å². The Hall–Kier alpha value is -0.820. The van der Waals surface area contributed by atoms with Crippen molar-refractivity contribution in [3.63, 3.8) is 0 Å². The van der Waals surface area contributed by atoms with Crippen LogP contribution in [-0.2, 0) is 19.3 Å². The zero-order valence-corrected chi connectivity index (χ0v) is 12.5. The van der Waals surface area contributed by atoms with Gasteiger partial charge in [-0.2, -0.15) is 0 Å². The number of fused-ring (bicyclic) bond motifs is 1. The SMILES string of the molecule is CC1(C)CCC(N)(Cc2ccc3c(c2)CCC3)CC1. The lowest BCUT2D eigenvalue weighted by Gasteiger charge is -2.41. The van der Waals surface area contributed by atoms with Crippen molar-refractivity contribution in [1.29, 1.82) is 0 Å². The Balaban J connectivity index is 1.71. The number of aryl methyl sites for hydroxylation is 2. The first kappa shape index (κ1) is 13.2. The molecule has 0 spiro atoms. The van der Waals surface area contributed by atoms with Crippen LogP contribution >= 0.6 is 0 Å². The maximum atomic E-state index is 6.66. The molecule has 0 bridgehead atoms. The molecule has 1 nitrogen and oxygen atoms in total. The van der Waals surface area contributed by atoms with E-state index in [0.717, 1.165) is 6.42 Å². The van der Waals surface area contributed by atoms with E-state index >= 15 is 0 Å². The van der Waals surface area contributed by atoms with Crippen molar-refractivity contribution in [3.05, 3.63) is 34.9 Å². The fourth-order valence-corrected chi connectivity index (χ4v) is 3.74. The summed E-state index contributed by atoms with van der Waals surface area (Å²) in [5.41, 5.74) is 11.8. The Morgan fingerprint density at radius 1 is 1.00 bits per heavy atom. The van der Waals surface area contributed by atoms with Gasteiger partial charge in [0, 0.05) is 5.54 Å². The maximum Gasteiger partial charge on any atom is 0.0195 e. The van der Waals surface area contributed by atoms with E-state index in [1.165, 1.54) is 50.5 Å². The van der Waals surface area contributed by atoms with Crippen LogP contribution in [0.5, 0.6) is 0 Å². The molecule has 0 saturated heterocycles. The van der Waals surface area contributed by atoms with Crippen LogP contribution in [0, 0.1) is 5.41 Å². The molecule has 2 aliphatic carbocycles. The molecule has 0 aliphatic heterocycles. The first-order valence-corrected chi connectivity index (χ1v) is 7.86. The molecular formula is C18H27N. The zero-order chi connectivity index (χ0) is 13.5. The van der Waals surface area contributed by atoms with Crippen molar-refractivity contribution in [2.75, 3.05) is 0 Å². The predicted molar refractivity (Wildman–Crippen MR) is 81.3 cm³/mol. The number of rotatable bonds is 2. The quantitative estimate of drug-likeness (QED) is 0.851. The minimum atomic E-state index is 0.0440. The molecule has 0 aromatic heterocycles. The van der Waals surface area contributed by atoms with E-state index < -0.39 is 0 Å². The van der Waals surface area contributed by atoms with Crippen LogP contribution in [0.1, 0.15) is 62.6 Å². The fraction of sp³-hybridized carbons (Fsp3) is 0.667. The third-order valence-corrected chi connectivity index (χ3v) is 5.32. The van der Waals surface area contributed by atoms with Crippen LogP contribution in [0.4, 0.5) is 0 Å². The summed E-state index contributed by atoms with van der Waals surface area (Å²) in [6.45, 7) is 4.75. The lowest BCUT2D eigenvalue weighted by molar-refractivity contribution is 0.164. The number of hydrogen-bond acceptors (Lipinski definition) is 1. The van der Waals surface area contributed by atoms with Gasteiger partial charge in [0.1, 0.15) is 0 Å². The van der Waals surface area contributed by atoms with Crippen LogP contribution in [0.3, 0.4) is 0 Å². The van der Waals surface area contributed by atoms with Gasteiger partial charge in [-0.1, -0.05) is 32.0 Å². The van der Waals surface area contributed by atoms with Gasteiger partial charge in [-0.05, 0) is 73.5 Å². The highest BCUT2D eigenvalue weighted by Gasteiger charge is 2.35. The molecule has 0 amide bonds. The van der Waals surface area contributed by atoms with Crippen molar-refractivity contribution in [2.45, 2.75) is 70.8 Å². The van der Waals surface area contributed by atoms with Crippen LogP contribution < -0.4 is 5.73 Å². The number of nitrogens with two attached hydrogens (primary N) is 1. The standard InChI is InChI=1S/C18H27N/c1-17(2)8-10-18(19,11-9-17)13-14-6-7-15-4-3-5-16(15)12-14/h6-7,12H,3-5,8-11,13,19H2,1-2H3. The van der Waals surface area contributed by atoms with Crippen molar-refractivity contribution >= 4 is 0 Å². The molecule has 104 valence electrons. The zero-order valence-electron chi connectivity index (χ0n) is 12.5. The lowest BCUT2D eigenvalue weighted by Crippen LogP contribution is -2.46. The smallest absolute Gasteiger partial charge is 0.0195 e. The molecular weight excluding hydrogens is 230 g/mol. The summed E-state index contributed by atoms with van der Waals surface area (Å²) in [6.07, 6.45) is 9.85. The molecule has 1 fully saturated rings. The first-order valence-electron chi connectivity index (χ1n) is 7.86. The Bertz CT molecular complexity index is 463. The molecule has 1 saturated carbocycles. The molecule has 2 N–H and O–H groups in total. The highest BCUT2D eigenvalue weighted by molar-refractivity contribution is 5.36. The Labute approximate surface area is 117 Å². The molecule has 1 heteroatoms. The van der Waals surface area contributed by atoms with E-state index in [-0.39, 0.29) is 5.54 Å². The number of benzene rings is 1.